The molecule has 0 unspecified atom stereocenters. The zero-order chi connectivity index (χ0) is 37.8. The van der Waals surface area contributed by atoms with E-state index in [9.17, 15) is 4.79 Å². The van der Waals surface area contributed by atoms with Crippen molar-refractivity contribution in [3.63, 3.8) is 0 Å². The second-order valence-corrected chi connectivity index (χ2v) is 14.7. The minimum absolute atomic E-state index is 0.337. The number of nitrogen functional groups attached to an aromatic ring is 3. The van der Waals surface area contributed by atoms with E-state index in [1.807, 2.05) is 73.8 Å². The summed E-state index contributed by atoms with van der Waals surface area (Å²) in [5.41, 5.74) is 22.6. The van der Waals surface area contributed by atoms with Gasteiger partial charge >= 0.3 is 5.97 Å². The quantitative estimate of drug-likeness (QED) is 0.148. The van der Waals surface area contributed by atoms with E-state index in [2.05, 4.69) is 44.9 Å². The number of esters is 1. The number of nitrogens with zero attached hydrogens (tertiary/aromatic N) is 9. The lowest BCUT2D eigenvalue weighted by molar-refractivity contribution is 0.0602. The Kier molecular flexibility index (Phi) is 10.3. The molecule has 17 heteroatoms. The van der Waals surface area contributed by atoms with Gasteiger partial charge in [0.05, 0.1) is 37.8 Å². The zero-order valence-electron chi connectivity index (χ0n) is 29.0. The van der Waals surface area contributed by atoms with Crippen LogP contribution in [-0.4, -0.2) is 57.9 Å². The maximum absolute atomic E-state index is 11.9. The van der Waals surface area contributed by atoms with Crippen LogP contribution < -0.4 is 17.2 Å². The molecule has 9 aromatic heterocycles. The Morgan fingerprint density at radius 2 is 1.13 bits per heavy atom. The van der Waals surface area contributed by atoms with Crippen molar-refractivity contribution >= 4 is 88.1 Å². The molecule has 0 bridgehead atoms. The number of pyridine rings is 3. The fourth-order valence-corrected chi connectivity index (χ4v) is 7.81. The molecule has 9 aromatic rings. The minimum Gasteiger partial charge on any atom is -0.465 e. The molecular weight excluding hydrogens is 741 g/mol. The first-order valence-corrected chi connectivity index (χ1v) is 18.6. The first kappa shape index (κ1) is 35.8. The number of carbonyl (C=O) groups excluding carboxylic acids is 1. The lowest BCUT2D eigenvalue weighted by Gasteiger charge is -2.03. The van der Waals surface area contributed by atoms with Crippen LogP contribution in [0, 0.1) is 13.8 Å². The average Bonchev–Trinajstić information content (AvgIpc) is 3.93. The molecule has 0 aliphatic carbocycles. The summed E-state index contributed by atoms with van der Waals surface area (Å²) in [5, 5.41) is 1.96. The summed E-state index contributed by atoms with van der Waals surface area (Å²) in [6.07, 6.45) is 5.09. The van der Waals surface area contributed by atoms with Crippen molar-refractivity contribution < 1.29 is 9.53 Å². The predicted molar refractivity (Wildman–Crippen MR) is 216 cm³/mol. The number of hydrogen-bond acceptors (Lipinski definition) is 17. The van der Waals surface area contributed by atoms with E-state index in [4.69, 9.17) is 21.9 Å². The van der Waals surface area contributed by atoms with Crippen molar-refractivity contribution in [3.8, 4) is 34.6 Å². The summed E-state index contributed by atoms with van der Waals surface area (Å²) in [6, 6.07) is 20.7. The summed E-state index contributed by atoms with van der Waals surface area (Å²) in [5.74, 6) is 2.49. The average molecular weight is 771 g/mol. The number of methoxy groups -OCH3 is 1. The van der Waals surface area contributed by atoms with Crippen LogP contribution in [0.3, 0.4) is 0 Å². The van der Waals surface area contributed by atoms with Crippen molar-refractivity contribution in [2.75, 3.05) is 24.3 Å². The van der Waals surface area contributed by atoms with Crippen molar-refractivity contribution in [2.24, 2.45) is 0 Å². The van der Waals surface area contributed by atoms with Crippen molar-refractivity contribution in [1.82, 2.24) is 44.9 Å². The molecule has 268 valence electrons. The van der Waals surface area contributed by atoms with E-state index in [0.717, 1.165) is 36.7 Å². The fourth-order valence-electron chi connectivity index (χ4n) is 5.24. The van der Waals surface area contributed by atoms with E-state index < -0.39 is 5.97 Å². The first-order chi connectivity index (χ1) is 26.2. The van der Waals surface area contributed by atoms with Gasteiger partial charge in [-0.2, -0.15) is 0 Å². The Balaban J connectivity index is 0.000000126. The summed E-state index contributed by atoms with van der Waals surface area (Å²) < 4.78 is 7.38. The van der Waals surface area contributed by atoms with Gasteiger partial charge in [0.15, 0.2) is 17.5 Å². The van der Waals surface area contributed by atoms with E-state index in [1.165, 1.54) is 23.3 Å². The molecule has 0 aromatic carbocycles. The fraction of sp³-hybridized carbons (Fsp3) is 0.0811. The highest BCUT2D eigenvalue weighted by molar-refractivity contribution is 7.20. The van der Waals surface area contributed by atoms with Crippen LogP contribution in [0.25, 0.3) is 65.2 Å². The maximum atomic E-state index is 11.9. The lowest BCUT2D eigenvalue weighted by Crippen LogP contribution is -2.04. The normalized spacial score (nSPS) is 10.8. The largest absolute Gasteiger partial charge is 0.465 e. The van der Waals surface area contributed by atoms with E-state index in [1.54, 1.807) is 53.4 Å². The number of anilines is 3. The maximum Gasteiger partial charge on any atom is 0.341 e. The standard InChI is InChI=1S/C14H12N4O2S.C12H10N4S.C11H8N4S/c1-7-9(14(19)20-2)10-11(21-7)12(15)18-13(17-10)8-5-3-4-6-16-8;1-7-6-9-10(17-7)11(13)16-12(15-9)8-4-2-3-5-14-8;12-10-9-7(4-6-16-9)14-11(15-10)8-3-1-2-5-13-8/h3-6H,1-2H3,(H2,15,17,18);2-6H,1H3,(H2,13,15,16);1-6H,(H2,12,14,15). The van der Waals surface area contributed by atoms with Crippen LogP contribution in [0.15, 0.2) is 90.7 Å². The van der Waals surface area contributed by atoms with Gasteiger partial charge < -0.3 is 21.9 Å². The van der Waals surface area contributed by atoms with Crippen molar-refractivity contribution in [2.45, 2.75) is 13.8 Å². The molecule has 14 nitrogen and oxygen atoms in total. The number of carbonyl (C=O) groups is 1. The Bertz CT molecular complexity index is 2740. The molecule has 0 atom stereocenters. The molecule has 0 saturated carbocycles. The smallest absolute Gasteiger partial charge is 0.341 e. The van der Waals surface area contributed by atoms with Gasteiger partial charge in [-0.3, -0.25) is 15.0 Å². The van der Waals surface area contributed by atoms with Crippen molar-refractivity contribution in [3.05, 3.63) is 106 Å². The van der Waals surface area contributed by atoms with Gasteiger partial charge in [-0.25, -0.2) is 34.7 Å². The third-order valence-corrected chi connectivity index (χ3v) is 10.8. The van der Waals surface area contributed by atoms with Crippen LogP contribution in [-0.2, 0) is 4.74 Å². The second-order valence-electron chi connectivity index (χ2n) is 11.4. The number of aryl methyl sites for hydroxylation is 2. The number of ether oxygens (including phenoxy) is 1. The molecule has 9 rings (SSSR count). The Hall–Kier alpha value is -6.56. The van der Waals surface area contributed by atoms with Crippen LogP contribution in [0.2, 0.25) is 0 Å². The third kappa shape index (κ3) is 7.49. The molecule has 0 radical (unpaired) electrons. The highest BCUT2D eigenvalue weighted by Crippen LogP contribution is 2.34. The predicted octanol–water partition coefficient (Wildman–Crippen LogP) is 7.41. The molecule has 6 N–H and O–H groups in total. The number of rotatable bonds is 4. The monoisotopic (exact) mass is 770 g/mol. The van der Waals surface area contributed by atoms with Gasteiger partial charge in [-0.1, -0.05) is 18.2 Å². The van der Waals surface area contributed by atoms with Gasteiger partial charge in [0.25, 0.3) is 0 Å². The van der Waals surface area contributed by atoms with E-state index >= 15 is 0 Å². The molecule has 0 aliphatic heterocycles. The van der Waals surface area contributed by atoms with E-state index in [0.29, 0.717) is 56.4 Å². The molecule has 54 heavy (non-hydrogen) atoms. The van der Waals surface area contributed by atoms with Crippen LogP contribution in [0.4, 0.5) is 17.5 Å². The Morgan fingerprint density at radius 1 is 0.611 bits per heavy atom. The molecular formula is C37H30N12O2S3. The SMILES string of the molecule is COC(=O)c1c(C)sc2c(N)nc(-c3ccccn3)nc12.Cc1cc2nc(-c3ccccn3)nc(N)c2s1.Nc1nc(-c2ccccn2)nc2ccsc12. The van der Waals surface area contributed by atoms with Gasteiger partial charge in [0.2, 0.25) is 0 Å². The summed E-state index contributed by atoms with van der Waals surface area (Å²) >= 11 is 4.54. The Morgan fingerprint density at radius 3 is 1.67 bits per heavy atom. The molecule has 0 aliphatic rings. The van der Waals surface area contributed by atoms with Gasteiger partial charge in [0.1, 0.15) is 40.1 Å². The second kappa shape index (κ2) is 15.6. The Labute approximate surface area is 319 Å². The molecule has 0 spiro atoms. The van der Waals surface area contributed by atoms with Crippen LogP contribution in [0.1, 0.15) is 20.1 Å². The highest BCUT2D eigenvalue weighted by Gasteiger charge is 2.22. The summed E-state index contributed by atoms with van der Waals surface area (Å²) in [4.78, 5) is 52.7. The van der Waals surface area contributed by atoms with E-state index in [-0.39, 0.29) is 0 Å². The summed E-state index contributed by atoms with van der Waals surface area (Å²) in [7, 11) is 1.34. The number of aromatic nitrogens is 9. The topological polar surface area (TPSA) is 220 Å². The number of nitrogens with two attached hydrogens (primary N) is 3. The zero-order valence-corrected chi connectivity index (χ0v) is 31.4. The molecule has 0 fully saturated rings. The number of thiophene rings is 3. The molecule has 0 saturated heterocycles. The number of fused-ring (bicyclic) bond motifs is 3. The van der Waals surface area contributed by atoms with Crippen LogP contribution >= 0.6 is 34.0 Å². The summed E-state index contributed by atoms with van der Waals surface area (Å²) in [6.45, 7) is 3.87. The van der Waals surface area contributed by atoms with Crippen LogP contribution in [0.5, 0.6) is 0 Å². The number of hydrogen-bond donors (Lipinski definition) is 3. The van der Waals surface area contributed by atoms with Crippen molar-refractivity contribution in [1.29, 1.82) is 0 Å². The lowest BCUT2D eigenvalue weighted by atomic mass is 10.2. The molecule has 0 amide bonds. The molecule has 9 heterocycles. The van der Waals surface area contributed by atoms with Gasteiger partial charge in [-0.15, -0.1) is 34.0 Å². The highest BCUT2D eigenvalue weighted by atomic mass is 32.1. The third-order valence-electron chi connectivity index (χ3n) is 7.66. The first-order valence-electron chi connectivity index (χ1n) is 16.1. The van der Waals surface area contributed by atoms with Gasteiger partial charge in [0, 0.05) is 28.3 Å². The van der Waals surface area contributed by atoms with Gasteiger partial charge in [-0.05, 0) is 67.8 Å². The minimum atomic E-state index is -0.427.